The van der Waals surface area contributed by atoms with Crippen molar-refractivity contribution >= 4 is 45.9 Å². The minimum Gasteiger partial charge on any atom is -0.447 e. The fourth-order valence-electron chi connectivity index (χ4n) is 6.56. The third-order valence-corrected chi connectivity index (χ3v) is 9.88. The Labute approximate surface area is 302 Å². The van der Waals surface area contributed by atoms with Gasteiger partial charge in [0.25, 0.3) is 0 Å². The van der Waals surface area contributed by atoms with Crippen molar-refractivity contribution in [3.63, 3.8) is 0 Å². The smallest absolute Gasteiger partial charge is 0.409 e. The minimum absolute atomic E-state index is 0.0316. The van der Waals surface area contributed by atoms with Gasteiger partial charge in [0.15, 0.2) is 12.5 Å². The Morgan fingerprint density at radius 3 is 1.50 bits per heavy atom. The highest BCUT2D eigenvalue weighted by Crippen LogP contribution is 2.26. The van der Waals surface area contributed by atoms with Crippen molar-refractivity contribution in [1.82, 2.24) is 29.6 Å². The van der Waals surface area contributed by atoms with Crippen LogP contribution in [0, 0.1) is 0 Å². The van der Waals surface area contributed by atoms with Gasteiger partial charge in [0.05, 0.1) is 12.1 Å². The van der Waals surface area contributed by atoms with Crippen LogP contribution in [0.4, 0.5) is 9.59 Å². The molecule has 0 saturated carbocycles. The maximum absolute atomic E-state index is 12.9. The SMILES string of the molecule is CN1C(=O)OCC1Cc1ccc2[nH]cc(C[C@H](OC(=O)/C=C\C(=O)O[C@@H](Cc3c[nH]c4ccc(CC5COC(=O)N5C)cc34)N(C)C)N(C)C)c2c1. The summed E-state index contributed by atoms with van der Waals surface area (Å²) in [7, 11) is 10.8. The number of hydrogen-bond acceptors (Lipinski definition) is 10. The molecular weight excluding hydrogens is 668 g/mol. The number of amides is 2. The number of esters is 2. The predicted octanol–water partition coefficient (Wildman–Crippen LogP) is 3.84. The first-order valence-corrected chi connectivity index (χ1v) is 17.3. The van der Waals surface area contributed by atoms with Crippen molar-refractivity contribution in [3.05, 3.63) is 83.2 Å². The molecule has 14 nitrogen and oxygen atoms in total. The van der Waals surface area contributed by atoms with Gasteiger partial charge in [-0.2, -0.15) is 0 Å². The summed E-state index contributed by atoms with van der Waals surface area (Å²) in [4.78, 5) is 62.9. The third-order valence-electron chi connectivity index (χ3n) is 9.88. The van der Waals surface area contributed by atoms with Gasteiger partial charge in [-0.1, -0.05) is 12.1 Å². The van der Waals surface area contributed by atoms with Crippen LogP contribution in [0.15, 0.2) is 60.9 Å². The lowest BCUT2D eigenvalue weighted by Crippen LogP contribution is -2.35. The topological polar surface area (TPSA) is 150 Å². The lowest BCUT2D eigenvalue weighted by Gasteiger charge is -2.24. The normalized spacial score (nSPS) is 18.9. The molecule has 4 aromatic rings. The molecule has 2 aromatic carbocycles. The van der Waals surface area contributed by atoms with Crippen LogP contribution >= 0.6 is 0 Å². The van der Waals surface area contributed by atoms with E-state index in [9.17, 15) is 19.2 Å². The molecule has 2 aliphatic heterocycles. The maximum Gasteiger partial charge on any atom is 0.409 e. The molecule has 2 unspecified atom stereocenters. The van der Waals surface area contributed by atoms with Gasteiger partial charge >= 0.3 is 24.1 Å². The van der Waals surface area contributed by atoms with Crippen molar-refractivity contribution in [2.24, 2.45) is 0 Å². The number of carbonyl (C=O) groups excluding carboxylic acids is 4. The average molecular weight is 715 g/mol. The number of ether oxygens (including phenoxy) is 4. The summed E-state index contributed by atoms with van der Waals surface area (Å²) >= 11 is 0. The van der Waals surface area contributed by atoms with Gasteiger partial charge in [0.1, 0.15) is 13.2 Å². The zero-order chi connectivity index (χ0) is 37.1. The number of cyclic esters (lactones) is 2. The molecular formula is C38H46N6O8. The highest BCUT2D eigenvalue weighted by molar-refractivity contribution is 5.92. The lowest BCUT2D eigenvalue weighted by atomic mass is 10.0. The molecule has 2 aliphatic rings. The molecule has 14 heteroatoms. The van der Waals surface area contributed by atoms with E-state index >= 15 is 0 Å². The molecule has 2 N–H and O–H groups in total. The number of fused-ring (bicyclic) bond motifs is 2. The van der Waals surface area contributed by atoms with Crippen LogP contribution in [0.5, 0.6) is 0 Å². The summed E-state index contributed by atoms with van der Waals surface area (Å²) in [6.07, 6.45) is 6.28. The number of likely N-dealkylation sites (N-methyl/N-ethyl adjacent to an activating group) is 4. The maximum atomic E-state index is 12.9. The molecule has 2 saturated heterocycles. The highest BCUT2D eigenvalue weighted by Gasteiger charge is 2.31. The molecule has 0 aliphatic carbocycles. The Bertz CT molecular complexity index is 1840. The van der Waals surface area contributed by atoms with Crippen LogP contribution in [0.3, 0.4) is 0 Å². The largest absolute Gasteiger partial charge is 0.447 e. The Morgan fingerprint density at radius 2 is 1.15 bits per heavy atom. The first-order valence-electron chi connectivity index (χ1n) is 17.3. The molecule has 276 valence electrons. The first-order chi connectivity index (χ1) is 24.9. The number of hydrogen-bond donors (Lipinski definition) is 2. The Morgan fingerprint density at radius 1 is 0.750 bits per heavy atom. The summed E-state index contributed by atoms with van der Waals surface area (Å²) in [6.45, 7) is 0.712. The average Bonchev–Trinajstić information content (AvgIpc) is 3.87. The van der Waals surface area contributed by atoms with E-state index in [-0.39, 0.29) is 24.3 Å². The van der Waals surface area contributed by atoms with Gasteiger partial charge in [-0.15, -0.1) is 0 Å². The molecule has 2 fully saturated rings. The predicted molar refractivity (Wildman–Crippen MR) is 193 cm³/mol. The summed E-state index contributed by atoms with van der Waals surface area (Å²) in [5, 5.41) is 2.00. The summed E-state index contributed by atoms with van der Waals surface area (Å²) in [5.41, 5.74) is 5.96. The summed E-state index contributed by atoms with van der Waals surface area (Å²) in [6, 6.07) is 12.2. The number of nitrogens with zero attached hydrogens (tertiary/aromatic N) is 4. The molecule has 0 radical (unpaired) electrons. The second-order valence-electron chi connectivity index (χ2n) is 13.9. The number of nitrogens with one attached hydrogen (secondary N) is 2. The van der Waals surface area contributed by atoms with E-state index in [1.54, 1.807) is 33.7 Å². The quantitative estimate of drug-likeness (QED) is 0.0854. The van der Waals surface area contributed by atoms with E-state index in [4.69, 9.17) is 18.9 Å². The standard InChI is InChI=1S/C38H46N6O8/c1-41(2)33(17-25-19-39-31-9-7-23(15-29(25)31)13-27-21-49-37(47)43(27)5)51-35(45)11-12-36(46)52-34(42(3)4)18-26-20-40-32-10-8-24(16-30(26)32)14-28-22-50-38(48)44(28)6/h7-12,15-16,19-20,27-28,33-34,39-40H,13-14,17-18,21-22H2,1-6H3/b12-11-/t27?,28?,33-,34-/m0/s1. The molecule has 4 atom stereocenters. The van der Waals surface area contributed by atoms with Gasteiger partial charge < -0.3 is 38.7 Å². The third kappa shape index (κ3) is 8.24. The van der Waals surface area contributed by atoms with E-state index in [0.717, 1.165) is 56.2 Å². The first kappa shape index (κ1) is 36.5. The van der Waals surface area contributed by atoms with E-state index in [1.165, 1.54) is 0 Å². The van der Waals surface area contributed by atoms with Gasteiger partial charge in [-0.05, 0) is 87.6 Å². The van der Waals surface area contributed by atoms with Gasteiger partial charge in [0.2, 0.25) is 0 Å². The number of aromatic amines is 2. The van der Waals surface area contributed by atoms with E-state index in [1.807, 2.05) is 64.8 Å². The molecule has 6 rings (SSSR count). The van der Waals surface area contributed by atoms with Crippen LogP contribution in [0.1, 0.15) is 22.3 Å². The highest BCUT2D eigenvalue weighted by atomic mass is 16.6. The molecule has 52 heavy (non-hydrogen) atoms. The zero-order valence-corrected chi connectivity index (χ0v) is 30.4. The number of rotatable bonds is 14. The second kappa shape index (κ2) is 15.5. The van der Waals surface area contributed by atoms with E-state index in [0.29, 0.717) is 38.9 Å². The van der Waals surface area contributed by atoms with Gasteiger partial charge in [-0.3, -0.25) is 9.80 Å². The van der Waals surface area contributed by atoms with Crippen LogP contribution < -0.4 is 0 Å². The zero-order valence-electron chi connectivity index (χ0n) is 30.4. The number of H-pyrrole nitrogens is 2. The van der Waals surface area contributed by atoms with Crippen molar-refractivity contribution in [1.29, 1.82) is 0 Å². The lowest BCUT2D eigenvalue weighted by molar-refractivity contribution is -0.153. The van der Waals surface area contributed by atoms with E-state index in [2.05, 4.69) is 22.1 Å². The van der Waals surface area contributed by atoms with Crippen LogP contribution in [0.2, 0.25) is 0 Å². The fraction of sp³-hybridized carbons (Fsp3) is 0.421. The van der Waals surface area contributed by atoms with Crippen molar-refractivity contribution in [2.45, 2.75) is 50.2 Å². The van der Waals surface area contributed by atoms with Crippen molar-refractivity contribution in [3.8, 4) is 0 Å². The summed E-state index contributed by atoms with van der Waals surface area (Å²) in [5.74, 6) is -1.34. The number of benzene rings is 2. The number of carbonyl (C=O) groups is 4. The fourth-order valence-corrected chi connectivity index (χ4v) is 6.56. The van der Waals surface area contributed by atoms with Crippen LogP contribution in [-0.2, 0) is 54.2 Å². The van der Waals surface area contributed by atoms with E-state index < -0.39 is 24.4 Å². The van der Waals surface area contributed by atoms with Gasteiger partial charge in [-0.25, -0.2) is 19.2 Å². The summed E-state index contributed by atoms with van der Waals surface area (Å²) < 4.78 is 21.9. The molecule has 2 aromatic heterocycles. The molecule has 0 spiro atoms. The molecule has 0 bridgehead atoms. The van der Waals surface area contributed by atoms with Crippen molar-refractivity contribution in [2.75, 3.05) is 55.5 Å². The molecule has 4 heterocycles. The monoisotopic (exact) mass is 714 g/mol. The second-order valence-corrected chi connectivity index (χ2v) is 13.9. The van der Waals surface area contributed by atoms with Crippen molar-refractivity contribution < 1.29 is 38.1 Å². The minimum atomic E-state index is -0.671. The Balaban J connectivity index is 1.06. The van der Waals surface area contributed by atoms with Gasteiger partial charge in [0, 0.05) is 73.3 Å². The molecule has 2 amide bonds. The Hall–Kier alpha value is -5.34. The van der Waals surface area contributed by atoms with Crippen LogP contribution in [0.25, 0.3) is 21.8 Å². The Kier molecular flexibility index (Phi) is 10.9. The van der Waals surface area contributed by atoms with Crippen LogP contribution in [-0.4, -0.2) is 134 Å². The number of aromatic nitrogens is 2.